The van der Waals surface area contributed by atoms with Gasteiger partial charge in [-0.05, 0) is 54.1 Å². The van der Waals surface area contributed by atoms with Crippen molar-refractivity contribution in [2.45, 2.75) is 10.9 Å². The molecule has 3 aromatic carbocycles. The molecule has 4 rings (SSSR count). The van der Waals surface area contributed by atoms with Gasteiger partial charge in [-0.3, -0.25) is 4.57 Å². The summed E-state index contributed by atoms with van der Waals surface area (Å²) < 4.78 is 7.33. The maximum absolute atomic E-state index is 8.96. The lowest BCUT2D eigenvalue weighted by molar-refractivity contribution is 0.415. The number of para-hydroxylation sites is 1. The van der Waals surface area contributed by atoms with Crippen molar-refractivity contribution in [2.24, 2.45) is 0 Å². The average Bonchev–Trinajstić information content (AvgIpc) is 3.22. The lowest BCUT2D eigenvalue weighted by Gasteiger charge is -2.11. The zero-order valence-corrected chi connectivity index (χ0v) is 16.6. The van der Waals surface area contributed by atoms with Gasteiger partial charge in [0, 0.05) is 17.0 Å². The number of benzene rings is 3. The lowest BCUT2D eigenvalue weighted by atomic mass is 10.2. The van der Waals surface area contributed by atoms with E-state index in [-0.39, 0.29) is 0 Å². The van der Waals surface area contributed by atoms with E-state index in [1.807, 2.05) is 78.9 Å². The zero-order valence-electron chi connectivity index (χ0n) is 15.8. The third-order valence-electron chi connectivity index (χ3n) is 4.45. The second kappa shape index (κ2) is 8.63. The van der Waals surface area contributed by atoms with E-state index in [2.05, 4.69) is 20.8 Å². The number of methoxy groups -OCH3 is 1. The molecule has 0 radical (unpaired) electrons. The fraction of sp³-hybridized carbons (Fsp3) is 0.0870. The highest BCUT2D eigenvalue weighted by Crippen LogP contribution is 2.30. The van der Waals surface area contributed by atoms with Crippen LogP contribution in [0.2, 0.25) is 0 Å². The minimum Gasteiger partial charge on any atom is -0.497 e. The molecular weight excluding hydrogens is 380 g/mol. The Bertz CT molecular complexity index is 1130. The van der Waals surface area contributed by atoms with E-state index in [9.17, 15) is 0 Å². The number of thioether (sulfide) groups is 1. The van der Waals surface area contributed by atoms with Crippen molar-refractivity contribution in [2.75, 3.05) is 7.11 Å². The summed E-state index contributed by atoms with van der Waals surface area (Å²) in [5.74, 6) is 2.32. The highest BCUT2D eigenvalue weighted by Gasteiger charge is 2.16. The second-order valence-corrected chi connectivity index (χ2v) is 7.25. The molecule has 0 aliphatic carbocycles. The number of rotatable bonds is 6. The summed E-state index contributed by atoms with van der Waals surface area (Å²) >= 11 is 1.61. The highest BCUT2D eigenvalue weighted by atomic mass is 32.2. The van der Waals surface area contributed by atoms with Crippen LogP contribution in [0.1, 0.15) is 11.1 Å². The molecule has 0 aliphatic heterocycles. The molecule has 0 unspecified atom stereocenters. The molecule has 0 N–H and O–H groups in total. The van der Waals surface area contributed by atoms with Gasteiger partial charge in [0.1, 0.15) is 5.75 Å². The molecule has 142 valence electrons. The van der Waals surface area contributed by atoms with Gasteiger partial charge >= 0.3 is 0 Å². The van der Waals surface area contributed by atoms with Crippen LogP contribution in [0.15, 0.2) is 84.0 Å². The van der Waals surface area contributed by atoms with E-state index in [1.165, 1.54) is 0 Å². The van der Waals surface area contributed by atoms with Crippen molar-refractivity contribution >= 4 is 11.8 Å². The van der Waals surface area contributed by atoms with Crippen LogP contribution in [0, 0.1) is 11.3 Å². The number of hydrogen-bond acceptors (Lipinski definition) is 5. The van der Waals surface area contributed by atoms with E-state index in [0.29, 0.717) is 5.56 Å². The smallest absolute Gasteiger partial charge is 0.196 e. The van der Waals surface area contributed by atoms with Gasteiger partial charge in [0.2, 0.25) is 0 Å². The standard InChI is InChI=1S/C23H18N4OS/c1-28-21-13-11-19(12-14-21)22-25-26-23(27(22)20-5-3-2-4-6-20)29-16-18-9-7-17(15-24)8-10-18/h2-14H,16H2,1H3. The largest absolute Gasteiger partial charge is 0.497 e. The van der Waals surface area contributed by atoms with Crippen LogP contribution >= 0.6 is 11.8 Å². The van der Waals surface area contributed by atoms with Gasteiger partial charge in [0.05, 0.1) is 18.7 Å². The Kier molecular flexibility index (Phi) is 5.59. The Balaban J connectivity index is 1.68. The fourth-order valence-electron chi connectivity index (χ4n) is 2.92. The monoisotopic (exact) mass is 398 g/mol. The normalized spacial score (nSPS) is 10.5. The summed E-state index contributed by atoms with van der Waals surface area (Å²) in [6, 6.07) is 27.6. The topological polar surface area (TPSA) is 63.7 Å². The summed E-state index contributed by atoms with van der Waals surface area (Å²) in [5, 5.41) is 18.7. The molecule has 0 saturated carbocycles. The minimum absolute atomic E-state index is 0.660. The molecule has 0 saturated heterocycles. The molecule has 6 heteroatoms. The Hall–Kier alpha value is -3.56. The van der Waals surface area contributed by atoms with Crippen LogP contribution in [0.4, 0.5) is 0 Å². The van der Waals surface area contributed by atoms with Crippen LogP contribution in [0.5, 0.6) is 5.75 Å². The fourth-order valence-corrected chi connectivity index (χ4v) is 3.83. The van der Waals surface area contributed by atoms with Gasteiger partial charge in [-0.1, -0.05) is 42.1 Å². The van der Waals surface area contributed by atoms with Crippen molar-refractivity contribution in [1.29, 1.82) is 5.26 Å². The molecule has 4 aromatic rings. The molecular formula is C23H18N4OS. The molecule has 0 atom stereocenters. The first-order chi connectivity index (χ1) is 14.3. The van der Waals surface area contributed by atoms with Crippen LogP contribution in [0.3, 0.4) is 0 Å². The Morgan fingerprint density at radius 2 is 1.66 bits per heavy atom. The highest BCUT2D eigenvalue weighted by molar-refractivity contribution is 7.98. The van der Waals surface area contributed by atoms with Gasteiger partial charge < -0.3 is 4.74 Å². The van der Waals surface area contributed by atoms with E-state index >= 15 is 0 Å². The first-order valence-corrected chi connectivity index (χ1v) is 10.0. The SMILES string of the molecule is COc1ccc(-c2nnc(SCc3ccc(C#N)cc3)n2-c2ccccc2)cc1. The van der Waals surface area contributed by atoms with Gasteiger partial charge in [-0.15, -0.1) is 10.2 Å². The lowest BCUT2D eigenvalue weighted by Crippen LogP contribution is -1.99. The predicted octanol–water partition coefficient (Wildman–Crippen LogP) is 5.11. The van der Waals surface area contributed by atoms with Crippen molar-refractivity contribution in [3.8, 4) is 28.9 Å². The first-order valence-electron chi connectivity index (χ1n) is 9.05. The van der Waals surface area contributed by atoms with Crippen molar-refractivity contribution in [3.05, 3.63) is 90.0 Å². The Morgan fingerprint density at radius 3 is 2.31 bits per heavy atom. The number of nitriles is 1. The molecule has 0 amide bonds. The van der Waals surface area contributed by atoms with Crippen molar-refractivity contribution < 1.29 is 4.74 Å². The number of ether oxygens (including phenoxy) is 1. The summed E-state index contributed by atoms with van der Waals surface area (Å²) in [6.07, 6.45) is 0. The van der Waals surface area contributed by atoms with Gasteiger partial charge in [0.25, 0.3) is 0 Å². The Labute approximate surface area is 173 Å². The molecule has 0 bridgehead atoms. The number of hydrogen-bond donors (Lipinski definition) is 0. The third-order valence-corrected chi connectivity index (χ3v) is 5.45. The first kappa shape index (κ1) is 18.8. The molecule has 1 heterocycles. The molecule has 0 aliphatic rings. The van der Waals surface area contributed by atoms with E-state index in [4.69, 9.17) is 10.00 Å². The summed E-state index contributed by atoms with van der Waals surface area (Å²) in [4.78, 5) is 0. The molecule has 0 spiro atoms. The summed E-state index contributed by atoms with van der Waals surface area (Å²) in [6.45, 7) is 0. The van der Waals surface area contributed by atoms with Gasteiger partial charge in [0.15, 0.2) is 11.0 Å². The van der Waals surface area contributed by atoms with Crippen LogP contribution in [-0.2, 0) is 5.75 Å². The summed E-state index contributed by atoms with van der Waals surface area (Å²) in [7, 11) is 1.65. The second-order valence-electron chi connectivity index (χ2n) is 6.30. The maximum atomic E-state index is 8.96. The molecule has 0 fully saturated rings. The van der Waals surface area contributed by atoms with Crippen molar-refractivity contribution in [1.82, 2.24) is 14.8 Å². The molecule has 29 heavy (non-hydrogen) atoms. The number of nitrogens with zero attached hydrogens (tertiary/aromatic N) is 4. The number of aromatic nitrogens is 3. The van der Waals surface area contributed by atoms with Crippen LogP contribution in [-0.4, -0.2) is 21.9 Å². The predicted molar refractivity (Wildman–Crippen MR) is 114 cm³/mol. The van der Waals surface area contributed by atoms with Crippen molar-refractivity contribution in [3.63, 3.8) is 0 Å². The van der Waals surface area contributed by atoms with Crippen LogP contribution in [0.25, 0.3) is 17.1 Å². The van der Waals surface area contributed by atoms with E-state index < -0.39 is 0 Å². The van der Waals surface area contributed by atoms with Crippen LogP contribution < -0.4 is 4.74 Å². The molecule has 1 aromatic heterocycles. The zero-order chi connectivity index (χ0) is 20.1. The summed E-state index contributed by atoms with van der Waals surface area (Å²) in [5.41, 5.74) is 3.76. The van der Waals surface area contributed by atoms with E-state index in [0.717, 1.165) is 39.3 Å². The van der Waals surface area contributed by atoms with E-state index in [1.54, 1.807) is 18.9 Å². The molecule has 5 nitrogen and oxygen atoms in total. The Morgan fingerprint density at radius 1 is 0.931 bits per heavy atom. The maximum Gasteiger partial charge on any atom is 0.196 e. The van der Waals surface area contributed by atoms with Gasteiger partial charge in [-0.2, -0.15) is 5.26 Å². The van der Waals surface area contributed by atoms with Gasteiger partial charge in [-0.25, -0.2) is 0 Å². The minimum atomic E-state index is 0.660. The third kappa shape index (κ3) is 4.15. The average molecular weight is 398 g/mol. The quantitative estimate of drug-likeness (QED) is 0.423.